The maximum Gasteiger partial charge on any atom is 0.00357 e. The van der Waals surface area contributed by atoms with Gasteiger partial charge in [0, 0.05) is 6.04 Å². The second-order valence-corrected chi connectivity index (χ2v) is 5.28. The lowest BCUT2D eigenvalue weighted by molar-refractivity contribution is 0.260. The molecule has 0 fully saturated rings. The lowest BCUT2D eigenvalue weighted by Gasteiger charge is -2.21. The first kappa shape index (κ1) is 16.9. The number of hydrogen-bond acceptors (Lipinski definition) is 3. The summed E-state index contributed by atoms with van der Waals surface area (Å²) in [6.45, 7) is 9.43. The van der Waals surface area contributed by atoms with Crippen LogP contribution >= 0.6 is 0 Å². The Kier molecular flexibility index (Phi) is 10.9. The van der Waals surface area contributed by atoms with Crippen molar-refractivity contribution in [3.63, 3.8) is 0 Å². The lowest BCUT2D eigenvalue weighted by atomic mass is 10.1. The third-order valence-corrected chi connectivity index (χ3v) is 3.38. The minimum absolute atomic E-state index is 0.666. The molecule has 3 heteroatoms. The van der Waals surface area contributed by atoms with Crippen molar-refractivity contribution in [3.05, 3.63) is 0 Å². The van der Waals surface area contributed by atoms with Gasteiger partial charge >= 0.3 is 0 Å². The van der Waals surface area contributed by atoms with E-state index in [4.69, 9.17) is 0 Å². The molecule has 0 radical (unpaired) electrons. The highest BCUT2D eigenvalue weighted by atomic mass is 15.1. The molecule has 0 saturated heterocycles. The Hall–Kier alpha value is -0.120. The molecule has 1 atom stereocenters. The molecule has 17 heavy (non-hydrogen) atoms. The molecule has 1 unspecified atom stereocenters. The summed E-state index contributed by atoms with van der Waals surface area (Å²) in [6, 6.07) is 0.666. The second kappa shape index (κ2) is 11.0. The minimum Gasteiger partial charge on any atom is -0.317 e. The summed E-state index contributed by atoms with van der Waals surface area (Å²) in [6.07, 6.45) is 5.26. The van der Waals surface area contributed by atoms with Gasteiger partial charge in [-0.1, -0.05) is 13.3 Å². The van der Waals surface area contributed by atoms with Gasteiger partial charge in [0.05, 0.1) is 0 Å². The normalized spacial score (nSPS) is 13.6. The molecule has 0 spiro atoms. The molecule has 104 valence electrons. The molecular formula is C14H33N3. The Bertz CT molecular complexity index is 160. The molecule has 0 aliphatic heterocycles. The van der Waals surface area contributed by atoms with E-state index in [-0.39, 0.29) is 0 Å². The molecular weight excluding hydrogens is 210 g/mol. The van der Waals surface area contributed by atoms with Crippen LogP contribution in [-0.2, 0) is 0 Å². The van der Waals surface area contributed by atoms with Crippen LogP contribution in [0.1, 0.15) is 39.5 Å². The highest BCUT2D eigenvalue weighted by Gasteiger charge is 2.03. The number of rotatable bonds is 11. The van der Waals surface area contributed by atoms with Crippen molar-refractivity contribution in [3.8, 4) is 0 Å². The van der Waals surface area contributed by atoms with E-state index in [9.17, 15) is 0 Å². The second-order valence-electron chi connectivity index (χ2n) is 5.28. The van der Waals surface area contributed by atoms with Crippen LogP contribution in [0.5, 0.6) is 0 Å². The van der Waals surface area contributed by atoms with Crippen LogP contribution in [0.15, 0.2) is 0 Å². The summed E-state index contributed by atoms with van der Waals surface area (Å²) >= 11 is 0. The van der Waals surface area contributed by atoms with Gasteiger partial charge in [-0.3, -0.25) is 0 Å². The predicted molar refractivity (Wildman–Crippen MR) is 77.7 cm³/mol. The molecule has 0 aromatic heterocycles. The molecule has 0 amide bonds. The molecule has 0 aromatic carbocycles. The van der Waals surface area contributed by atoms with Gasteiger partial charge in [0.15, 0.2) is 0 Å². The summed E-state index contributed by atoms with van der Waals surface area (Å²) < 4.78 is 0. The molecule has 0 aliphatic carbocycles. The van der Waals surface area contributed by atoms with Crippen molar-refractivity contribution in [1.82, 2.24) is 15.1 Å². The van der Waals surface area contributed by atoms with Crippen molar-refractivity contribution in [2.75, 3.05) is 47.3 Å². The first-order chi connectivity index (χ1) is 8.10. The standard InChI is InChI=1S/C14H33N3/c1-6-17(13-9-11-16(4)5)12-8-7-10-14(2)15-3/h14-15H,6-13H2,1-5H3. The zero-order valence-electron chi connectivity index (χ0n) is 12.6. The van der Waals surface area contributed by atoms with E-state index in [1.54, 1.807) is 0 Å². The summed E-state index contributed by atoms with van der Waals surface area (Å²) in [5, 5.41) is 3.29. The van der Waals surface area contributed by atoms with Gasteiger partial charge in [-0.25, -0.2) is 0 Å². The fourth-order valence-corrected chi connectivity index (χ4v) is 1.97. The Morgan fingerprint density at radius 2 is 1.65 bits per heavy atom. The molecule has 3 nitrogen and oxygen atoms in total. The topological polar surface area (TPSA) is 18.5 Å². The Morgan fingerprint density at radius 3 is 2.18 bits per heavy atom. The summed E-state index contributed by atoms with van der Waals surface area (Å²) in [7, 11) is 6.34. The number of unbranched alkanes of at least 4 members (excludes halogenated alkanes) is 1. The van der Waals surface area contributed by atoms with E-state index in [1.807, 2.05) is 7.05 Å². The maximum absolute atomic E-state index is 3.29. The molecule has 0 saturated carbocycles. The zero-order chi connectivity index (χ0) is 13.1. The minimum atomic E-state index is 0.666. The number of nitrogens with zero attached hydrogens (tertiary/aromatic N) is 2. The van der Waals surface area contributed by atoms with Gasteiger partial charge in [-0.2, -0.15) is 0 Å². The van der Waals surface area contributed by atoms with Crippen LogP contribution in [0.4, 0.5) is 0 Å². The van der Waals surface area contributed by atoms with E-state index in [2.05, 4.69) is 43.1 Å². The summed E-state index contributed by atoms with van der Waals surface area (Å²) in [5.74, 6) is 0. The third kappa shape index (κ3) is 10.7. The Morgan fingerprint density at radius 1 is 1.00 bits per heavy atom. The SMILES string of the molecule is CCN(CCCCC(C)NC)CCCN(C)C. The fourth-order valence-electron chi connectivity index (χ4n) is 1.97. The van der Waals surface area contributed by atoms with Crippen molar-refractivity contribution < 1.29 is 0 Å². The smallest absolute Gasteiger partial charge is 0.00357 e. The first-order valence-corrected chi connectivity index (χ1v) is 7.14. The zero-order valence-corrected chi connectivity index (χ0v) is 12.6. The Labute approximate surface area is 109 Å². The van der Waals surface area contributed by atoms with Gasteiger partial charge in [-0.05, 0) is 73.5 Å². The van der Waals surface area contributed by atoms with Crippen LogP contribution in [0.2, 0.25) is 0 Å². The first-order valence-electron chi connectivity index (χ1n) is 7.14. The fraction of sp³-hybridized carbons (Fsp3) is 1.00. The largest absolute Gasteiger partial charge is 0.317 e. The van der Waals surface area contributed by atoms with E-state index in [0.717, 1.165) is 0 Å². The number of hydrogen-bond donors (Lipinski definition) is 1. The van der Waals surface area contributed by atoms with Crippen molar-refractivity contribution in [2.24, 2.45) is 0 Å². The quantitative estimate of drug-likeness (QED) is 0.560. The van der Waals surface area contributed by atoms with Crippen molar-refractivity contribution >= 4 is 0 Å². The third-order valence-electron chi connectivity index (χ3n) is 3.38. The van der Waals surface area contributed by atoms with Gasteiger partial charge in [0.25, 0.3) is 0 Å². The van der Waals surface area contributed by atoms with E-state index < -0.39 is 0 Å². The van der Waals surface area contributed by atoms with Crippen molar-refractivity contribution in [2.45, 2.75) is 45.6 Å². The van der Waals surface area contributed by atoms with E-state index >= 15 is 0 Å². The maximum atomic E-state index is 3.29. The van der Waals surface area contributed by atoms with Crippen LogP contribution < -0.4 is 5.32 Å². The predicted octanol–water partition coefficient (Wildman–Crippen LogP) is 2.04. The Balaban J connectivity index is 3.47. The molecule has 0 aromatic rings. The van der Waals surface area contributed by atoms with Crippen LogP contribution in [-0.4, -0.2) is 63.2 Å². The van der Waals surface area contributed by atoms with E-state index in [1.165, 1.54) is 51.9 Å². The molecule has 0 rings (SSSR count). The van der Waals surface area contributed by atoms with Crippen LogP contribution in [0, 0.1) is 0 Å². The lowest BCUT2D eigenvalue weighted by Crippen LogP contribution is -2.28. The van der Waals surface area contributed by atoms with Crippen LogP contribution in [0.25, 0.3) is 0 Å². The number of nitrogens with one attached hydrogen (secondary N) is 1. The van der Waals surface area contributed by atoms with Gasteiger partial charge in [-0.15, -0.1) is 0 Å². The van der Waals surface area contributed by atoms with E-state index in [0.29, 0.717) is 6.04 Å². The average Bonchev–Trinajstić information content (AvgIpc) is 2.31. The summed E-state index contributed by atoms with van der Waals surface area (Å²) in [4.78, 5) is 4.84. The van der Waals surface area contributed by atoms with Gasteiger partial charge < -0.3 is 15.1 Å². The molecule has 0 aliphatic rings. The highest BCUT2D eigenvalue weighted by Crippen LogP contribution is 2.03. The molecule has 0 bridgehead atoms. The highest BCUT2D eigenvalue weighted by molar-refractivity contribution is 4.61. The van der Waals surface area contributed by atoms with Gasteiger partial charge in [0.1, 0.15) is 0 Å². The van der Waals surface area contributed by atoms with Crippen molar-refractivity contribution in [1.29, 1.82) is 0 Å². The summed E-state index contributed by atoms with van der Waals surface area (Å²) in [5.41, 5.74) is 0. The van der Waals surface area contributed by atoms with Gasteiger partial charge in [0.2, 0.25) is 0 Å². The monoisotopic (exact) mass is 243 g/mol. The van der Waals surface area contributed by atoms with Crippen LogP contribution in [0.3, 0.4) is 0 Å². The molecule has 0 heterocycles. The average molecular weight is 243 g/mol. The molecule has 1 N–H and O–H groups in total.